The molecule has 5 nitrogen and oxygen atoms in total. The van der Waals surface area contributed by atoms with Gasteiger partial charge in [-0.25, -0.2) is 8.42 Å². The third-order valence-electron chi connectivity index (χ3n) is 3.92. The monoisotopic (exact) mass is 605 g/mol. The maximum Gasteiger partial charge on any atom is 0.367 e. The summed E-state index contributed by atoms with van der Waals surface area (Å²) in [4.78, 5) is 12.5. The Labute approximate surface area is 175 Å². The highest BCUT2D eigenvalue weighted by atomic mass is 127. The first-order chi connectivity index (χ1) is 12.0. The second kappa shape index (κ2) is 6.95. The van der Waals surface area contributed by atoms with Crippen molar-refractivity contribution in [3.8, 4) is 11.1 Å². The predicted molar refractivity (Wildman–Crippen MR) is 105 cm³/mol. The summed E-state index contributed by atoms with van der Waals surface area (Å²) in [6, 6.07) is 10.9. The average Bonchev–Trinajstić information content (AvgIpc) is 2.84. The lowest BCUT2D eigenvalue weighted by molar-refractivity contribution is -0.150. The Hall–Kier alpha value is -0.860. The van der Waals surface area contributed by atoms with Gasteiger partial charge >= 0.3 is 11.2 Å². The lowest BCUT2D eigenvalue weighted by Gasteiger charge is -2.21. The van der Waals surface area contributed by atoms with Crippen molar-refractivity contribution in [2.45, 2.75) is 11.2 Å². The van der Waals surface area contributed by atoms with Crippen LogP contribution < -0.4 is 0 Å². The molecule has 10 heteroatoms. The van der Waals surface area contributed by atoms with E-state index in [1.165, 1.54) is 0 Å². The largest absolute Gasteiger partial charge is 0.743 e. The van der Waals surface area contributed by atoms with Crippen LogP contribution in [0.15, 0.2) is 36.4 Å². The van der Waals surface area contributed by atoms with Gasteiger partial charge in [0.2, 0.25) is 0 Å². The van der Waals surface area contributed by atoms with E-state index in [1.807, 2.05) is 24.3 Å². The molecule has 1 aliphatic rings. The Morgan fingerprint density at radius 3 is 1.96 bits per heavy atom. The number of hydrogen-bond acceptors (Lipinski definition) is 5. The van der Waals surface area contributed by atoms with Crippen LogP contribution in [0.3, 0.4) is 0 Å². The fourth-order valence-corrected chi connectivity index (χ4v) is 4.00. The first-order valence-electron chi connectivity index (χ1n) is 7.10. The summed E-state index contributed by atoms with van der Waals surface area (Å²) >= 11 is 4.13. The van der Waals surface area contributed by atoms with Crippen LogP contribution in [0.25, 0.3) is 11.1 Å². The van der Waals surface area contributed by atoms with E-state index in [0.29, 0.717) is 11.1 Å². The number of benzene rings is 2. The molecule has 0 N–H and O–H groups in total. The molecule has 2 aromatic rings. The number of carbonyl (C=O) groups excluding carboxylic acids is 1. The average molecular weight is 605 g/mol. The predicted octanol–water partition coefficient (Wildman–Crippen LogP) is 3.69. The van der Waals surface area contributed by atoms with Crippen LogP contribution in [0, 0.1) is 7.14 Å². The van der Waals surface area contributed by atoms with E-state index in [1.54, 1.807) is 12.1 Å². The zero-order valence-corrected chi connectivity index (χ0v) is 17.8. The first kappa shape index (κ1) is 19.9. The van der Waals surface area contributed by atoms with Gasteiger partial charge in [-0.3, -0.25) is 4.79 Å². The summed E-state index contributed by atoms with van der Waals surface area (Å²) in [7, 11) is -5.92. The number of rotatable bonds is 4. The molecule has 0 unspecified atom stereocenters. The Balaban J connectivity index is 1.98. The summed E-state index contributed by atoms with van der Waals surface area (Å²) in [5.74, 6) is -1.99. The molecule has 0 radical (unpaired) electrons. The summed E-state index contributed by atoms with van der Waals surface area (Å²) < 4.78 is 64.6. The lowest BCUT2D eigenvalue weighted by atomic mass is 9.97. The van der Waals surface area contributed by atoms with Gasteiger partial charge in [-0.15, -0.1) is 0 Å². The van der Waals surface area contributed by atoms with Crippen molar-refractivity contribution < 1.29 is 31.3 Å². The topological polar surface area (TPSA) is 83.5 Å². The van der Waals surface area contributed by atoms with E-state index in [0.717, 1.165) is 18.3 Å². The van der Waals surface area contributed by atoms with E-state index in [4.69, 9.17) is 0 Å². The quantitative estimate of drug-likeness (QED) is 0.302. The molecule has 0 spiro atoms. The van der Waals surface area contributed by atoms with E-state index in [2.05, 4.69) is 49.9 Å². The Kier molecular flexibility index (Phi) is 5.31. The minimum absolute atomic E-state index is 0.590. The molecule has 0 saturated heterocycles. The molecule has 0 heterocycles. The van der Waals surface area contributed by atoms with Crippen LogP contribution in [0.2, 0.25) is 0 Å². The Morgan fingerprint density at radius 2 is 1.54 bits per heavy atom. The van der Waals surface area contributed by atoms with Crippen LogP contribution in [0.4, 0.5) is 8.78 Å². The number of esters is 1. The van der Waals surface area contributed by atoms with Gasteiger partial charge in [0.05, 0.1) is 0 Å². The number of ether oxygens (including phenoxy) is 1. The van der Waals surface area contributed by atoms with Crippen LogP contribution in [0.1, 0.15) is 17.0 Å². The van der Waals surface area contributed by atoms with E-state index < -0.39 is 33.9 Å². The summed E-state index contributed by atoms with van der Waals surface area (Å²) in [6.45, 7) is -1.81. The smallest absolute Gasteiger partial charge is 0.367 e. The minimum atomic E-state index is -5.92. The third-order valence-corrected chi connectivity index (χ3v) is 6.11. The molecule has 1 aliphatic carbocycles. The fourth-order valence-electron chi connectivity index (χ4n) is 2.77. The molecule has 0 amide bonds. The molecule has 0 saturated carbocycles. The number of fused-ring (bicyclic) bond motifs is 3. The summed E-state index contributed by atoms with van der Waals surface area (Å²) in [5.41, 5.74) is 2.74. The highest BCUT2D eigenvalue weighted by Crippen LogP contribution is 2.46. The molecular formula is C16H9F2I2O5S-. The molecule has 26 heavy (non-hydrogen) atoms. The molecule has 0 bridgehead atoms. The van der Waals surface area contributed by atoms with Gasteiger partial charge in [0.15, 0.2) is 16.7 Å². The Morgan fingerprint density at radius 1 is 1.08 bits per heavy atom. The van der Waals surface area contributed by atoms with Gasteiger partial charge < -0.3 is 9.29 Å². The highest BCUT2D eigenvalue weighted by molar-refractivity contribution is 14.1. The van der Waals surface area contributed by atoms with Gasteiger partial charge in [0.1, 0.15) is 5.92 Å². The number of alkyl halides is 2. The third kappa shape index (κ3) is 3.60. The Bertz CT molecular complexity index is 956. The first-order valence-corrected chi connectivity index (χ1v) is 10.7. The molecular weight excluding hydrogens is 596 g/mol. The van der Waals surface area contributed by atoms with Gasteiger partial charge in [0, 0.05) is 7.14 Å². The second-order valence-electron chi connectivity index (χ2n) is 5.60. The minimum Gasteiger partial charge on any atom is -0.743 e. The van der Waals surface area contributed by atoms with Crippen molar-refractivity contribution in [3.63, 3.8) is 0 Å². The van der Waals surface area contributed by atoms with Gasteiger partial charge in [-0.05, 0) is 91.7 Å². The number of hydrogen-bond donors (Lipinski definition) is 0. The standard InChI is InChI=1S/C16H10F2I2O5S/c17-16(18,26(22,23)24)7-25-15(21)14-12-5-8(19)1-3-10(12)11-4-2-9(20)6-13(11)14/h1-6,14H,7H2,(H,22,23,24)/p-1. The van der Waals surface area contributed by atoms with E-state index in [9.17, 15) is 26.5 Å². The zero-order chi connectivity index (χ0) is 19.3. The van der Waals surface area contributed by atoms with Gasteiger partial charge in [-0.1, -0.05) is 12.1 Å². The van der Waals surface area contributed by atoms with Gasteiger partial charge in [0.25, 0.3) is 0 Å². The molecule has 2 aromatic carbocycles. The molecule has 3 rings (SSSR count). The zero-order valence-electron chi connectivity index (χ0n) is 12.7. The molecule has 138 valence electrons. The summed E-state index contributed by atoms with van der Waals surface area (Å²) in [5, 5.41) is -4.68. The normalized spacial score (nSPS) is 14.0. The van der Waals surface area contributed by atoms with Crippen molar-refractivity contribution in [1.82, 2.24) is 0 Å². The lowest BCUT2D eigenvalue weighted by Crippen LogP contribution is -2.35. The maximum absolute atomic E-state index is 13.3. The van der Waals surface area contributed by atoms with Crippen LogP contribution in [-0.4, -0.2) is 30.8 Å². The van der Waals surface area contributed by atoms with E-state index >= 15 is 0 Å². The van der Waals surface area contributed by atoms with E-state index in [-0.39, 0.29) is 0 Å². The van der Waals surface area contributed by atoms with Gasteiger partial charge in [-0.2, -0.15) is 8.78 Å². The molecule has 0 aliphatic heterocycles. The SMILES string of the molecule is O=C(OCC(F)(F)S(=O)(=O)[O-])C1c2cc(I)ccc2-c2ccc(I)cc21. The van der Waals surface area contributed by atoms with Crippen molar-refractivity contribution in [3.05, 3.63) is 54.7 Å². The molecule has 0 atom stereocenters. The van der Waals surface area contributed by atoms with Crippen molar-refractivity contribution in [2.24, 2.45) is 0 Å². The fraction of sp³-hybridized carbons (Fsp3) is 0.188. The molecule has 0 aromatic heterocycles. The highest BCUT2D eigenvalue weighted by Gasteiger charge is 2.42. The van der Waals surface area contributed by atoms with Crippen LogP contribution >= 0.6 is 45.2 Å². The van der Waals surface area contributed by atoms with Crippen molar-refractivity contribution in [2.75, 3.05) is 6.61 Å². The summed E-state index contributed by atoms with van der Waals surface area (Å²) in [6.07, 6.45) is 0. The van der Waals surface area contributed by atoms with Crippen LogP contribution in [0.5, 0.6) is 0 Å². The van der Waals surface area contributed by atoms with Crippen LogP contribution in [-0.2, 0) is 19.6 Å². The molecule has 0 fully saturated rings. The van der Waals surface area contributed by atoms with Crippen molar-refractivity contribution >= 4 is 61.3 Å². The number of carbonyl (C=O) groups is 1. The number of halogens is 4. The second-order valence-corrected chi connectivity index (χ2v) is 9.59. The maximum atomic E-state index is 13.3. The van der Waals surface area contributed by atoms with Crippen molar-refractivity contribution in [1.29, 1.82) is 0 Å².